The van der Waals surface area contributed by atoms with E-state index in [1.54, 1.807) is 29.8 Å². The third-order valence-corrected chi connectivity index (χ3v) is 5.67. The zero-order valence-corrected chi connectivity index (χ0v) is 15.2. The molecule has 130 valence electrons. The summed E-state index contributed by atoms with van der Waals surface area (Å²) in [6.07, 6.45) is 3.20. The van der Waals surface area contributed by atoms with E-state index in [0.717, 1.165) is 12.2 Å². The zero-order valence-electron chi connectivity index (χ0n) is 13.7. The van der Waals surface area contributed by atoms with E-state index in [1.165, 1.54) is 15.1 Å². The molecule has 26 heavy (non-hydrogen) atoms. The Morgan fingerprint density at radius 2 is 2.15 bits per heavy atom. The van der Waals surface area contributed by atoms with Gasteiger partial charge in [-0.25, -0.2) is 9.50 Å². The van der Waals surface area contributed by atoms with Crippen LogP contribution in [-0.2, 0) is 13.1 Å². The lowest BCUT2D eigenvalue weighted by atomic mass is 10.2. The van der Waals surface area contributed by atoms with Crippen LogP contribution in [-0.4, -0.2) is 36.5 Å². The maximum atomic E-state index is 12.9. The molecule has 0 aliphatic carbocycles. The predicted octanol–water partition coefficient (Wildman–Crippen LogP) is 3.57. The van der Waals surface area contributed by atoms with Crippen LogP contribution in [0.5, 0.6) is 0 Å². The van der Waals surface area contributed by atoms with Gasteiger partial charge in [0.1, 0.15) is 0 Å². The van der Waals surface area contributed by atoms with Crippen molar-refractivity contribution >= 4 is 34.5 Å². The molecule has 1 amide bonds. The molecule has 0 saturated carbocycles. The summed E-state index contributed by atoms with van der Waals surface area (Å²) in [5.74, 6) is -0.0863. The molecule has 5 rings (SSSR count). The van der Waals surface area contributed by atoms with E-state index in [4.69, 9.17) is 11.6 Å². The van der Waals surface area contributed by atoms with Crippen molar-refractivity contribution in [1.82, 2.24) is 24.1 Å². The molecule has 0 aromatic carbocycles. The molecular weight excluding hydrogens is 370 g/mol. The Hall–Kier alpha value is -2.64. The van der Waals surface area contributed by atoms with Crippen molar-refractivity contribution in [1.29, 1.82) is 0 Å². The topological polar surface area (TPSA) is 55.4 Å². The number of amides is 1. The molecular formula is C18H14ClN5OS. The Labute approximate surface area is 158 Å². The van der Waals surface area contributed by atoms with Gasteiger partial charge in [0, 0.05) is 31.0 Å². The van der Waals surface area contributed by atoms with Crippen molar-refractivity contribution in [2.75, 3.05) is 6.54 Å². The summed E-state index contributed by atoms with van der Waals surface area (Å²) in [5.41, 5.74) is 3.35. The molecule has 0 atom stereocenters. The number of fused-ring (bicyclic) bond motifs is 2. The van der Waals surface area contributed by atoms with E-state index < -0.39 is 0 Å². The maximum Gasteiger partial charge on any atom is 0.274 e. The Bertz CT molecular complexity index is 1110. The lowest BCUT2D eigenvalue weighted by molar-refractivity contribution is 0.0705. The maximum absolute atomic E-state index is 12.9. The molecule has 0 fully saturated rings. The highest BCUT2D eigenvalue weighted by Crippen LogP contribution is 2.29. The highest BCUT2D eigenvalue weighted by Gasteiger charge is 2.25. The second-order valence-electron chi connectivity index (χ2n) is 6.17. The summed E-state index contributed by atoms with van der Waals surface area (Å²) in [6, 6.07) is 10.1. The minimum Gasteiger partial charge on any atom is -0.340 e. The molecule has 6 nitrogen and oxygen atoms in total. The number of hydrogen-bond acceptors (Lipinski definition) is 4. The summed E-state index contributed by atoms with van der Waals surface area (Å²) in [5, 5.41) is 6.89. The molecule has 4 aromatic rings. The van der Waals surface area contributed by atoms with Gasteiger partial charge in [-0.15, -0.1) is 11.3 Å². The van der Waals surface area contributed by atoms with Gasteiger partial charge < -0.3 is 9.47 Å². The van der Waals surface area contributed by atoms with Crippen molar-refractivity contribution in [3.63, 3.8) is 0 Å². The molecule has 0 spiro atoms. The van der Waals surface area contributed by atoms with E-state index in [2.05, 4.69) is 44.3 Å². The Kier molecular flexibility index (Phi) is 3.58. The van der Waals surface area contributed by atoms with Crippen LogP contribution in [0.1, 0.15) is 16.2 Å². The minimum absolute atomic E-state index is 0.0863. The Balaban J connectivity index is 1.42. The largest absolute Gasteiger partial charge is 0.340 e. The van der Waals surface area contributed by atoms with Gasteiger partial charge in [0.05, 0.1) is 28.3 Å². The Morgan fingerprint density at radius 1 is 1.23 bits per heavy atom. The van der Waals surface area contributed by atoms with Crippen LogP contribution in [0, 0.1) is 0 Å². The van der Waals surface area contributed by atoms with Crippen LogP contribution in [0.2, 0.25) is 5.02 Å². The van der Waals surface area contributed by atoms with Gasteiger partial charge >= 0.3 is 0 Å². The van der Waals surface area contributed by atoms with Crippen molar-refractivity contribution < 1.29 is 4.79 Å². The predicted molar refractivity (Wildman–Crippen MR) is 100 cm³/mol. The van der Waals surface area contributed by atoms with Crippen molar-refractivity contribution in [2.24, 2.45) is 0 Å². The van der Waals surface area contributed by atoms with Crippen LogP contribution in [0.25, 0.3) is 16.2 Å². The van der Waals surface area contributed by atoms with E-state index in [1.807, 2.05) is 4.90 Å². The number of nitrogens with zero attached hydrogens (tertiary/aromatic N) is 5. The third-order valence-electron chi connectivity index (χ3n) is 4.58. The fourth-order valence-corrected chi connectivity index (χ4v) is 4.24. The molecule has 0 radical (unpaired) electrons. The molecule has 0 N–H and O–H groups in total. The van der Waals surface area contributed by atoms with Crippen molar-refractivity contribution in [3.05, 3.63) is 64.5 Å². The number of thiophene rings is 1. The van der Waals surface area contributed by atoms with Crippen LogP contribution >= 0.6 is 22.9 Å². The second-order valence-corrected chi connectivity index (χ2v) is 7.55. The van der Waals surface area contributed by atoms with Crippen LogP contribution < -0.4 is 0 Å². The normalized spacial score (nSPS) is 14.0. The first-order chi connectivity index (χ1) is 12.7. The molecule has 1 aliphatic heterocycles. The molecule has 5 heterocycles. The van der Waals surface area contributed by atoms with Crippen LogP contribution in [0.3, 0.4) is 0 Å². The van der Waals surface area contributed by atoms with Crippen LogP contribution in [0.4, 0.5) is 0 Å². The smallest absolute Gasteiger partial charge is 0.274 e. The van der Waals surface area contributed by atoms with E-state index in [9.17, 15) is 4.79 Å². The first-order valence-electron chi connectivity index (χ1n) is 8.21. The summed E-state index contributed by atoms with van der Waals surface area (Å²) < 4.78 is 3.83. The fraction of sp³-hybridized carbons (Fsp3) is 0.167. The van der Waals surface area contributed by atoms with Crippen molar-refractivity contribution in [2.45, 2.75) is 13.1 Å². The summed E-state index contributed by atoms with van der Waals surface area (Å²) in [6.45, 7) is 2.01. The molecule has 0 saturated heterocycles. The van der Waals surface area contributed by atoms with Gasteiger partial charge in [-0.3, -0.25) is 4.79 Å². The lowest BCUT2D eigenvalue weighted by Crippen LogP contribution is -2.38. The highest BCUT2D eigenvalue weighted by molar-refractivity contribution is 7.13. The lowest BCUT2D eigenvalue weighted by Gasteiger charge is -2.29. The number of aromatic nitrogens is 4. The first-order valence-corrected chi connectivity index (χ1v) is 9.47. The molecule has 8 heteroatoms. The molecule has 0 bridgehead atoms. The highest BCUT2D eigenvalue weighted by atomic mass is 35.5. The second kappa shape index (κ2) is 5.96. The fourth-order valence-electron chi connectivity index (χ4n) is 3.34. The first kappa shape index (κ1) is 15.6. The van der Waals surface area contributed by atoms with Gasteiger partial charge in [-0.2, -0.15) is 5.10 Å². The minimum atomic E-state index is -0.0863. The number of carbonyl (C=O) groups excluding carboxylic acids is 1. The van der Waals surface area contributed by atoms with Gasteiger partial charge in [0.15, 0.2) is 11.3 Å². The van der Waals surface area contributed by atoms with Gasteiger partial charge in [0.2, 0.25) is 0 Å². The molecule has 4 aromatic heterocycles. The number of hydrogen-bond donors (Lipinski definition) is 0. The van der Waals surface area contributed by atoms with Crippen LogP contribution in [0.15, 0.2) is 48.1 Å². The van der Waals surface area contributed by atoms with Gasteiger partial charge in [-0.1, -0.05) is 17.7 Å². The van der Waals surface area contributed by atoms with Crippen molar-refractivity contribution in [3.8, 4) is 10.6 Å². The monoisotopic (exact) mass is 383 g/mol. The standard InChI is InChI=1S/C18H14ClN5OS/c19-12-9-20-17-8-14(21-24(17)10-12)18(25)22-5-6-23-13(11-22)3-4-15(23)16-2-1-7-26-16/h1-4,7-10H,5-6,11H2. The SMILES string of the molecule is O=C(c1cc2ncc(Cl)cn2n1)N1CCn2c(ccc2-c2cccs2)C1. The third kappa shape index (κ3) is 2.51. The average molecular weight is 384 g/mol. The quantitative estimate of drug-likeness (QED) is 0.531. The number of halogens is 1. The molecule has 0 unspecified atom stereocenters. The summed E-state index contributed by atoms with van der Waals surface area (Å²) >= 11 is 7.67. The molecule has 1 aliphatic rings. The summed E-state index contributed by atoms with van der Waals surface area (Å²) in [4.78, 5) is 20.2. The zero-order chi connectivity index (χ0) is 17.7. The van der Waals surface area contributed by atoms with E-state index in [-0.39, 0.29) is 5.91 Å². The number of rotatable bonds is 2. The van der Waals surface area contributed by atoms with Gasteiger partial charge in [0.25, 0.3) is 5.91 Å². The van der Waals surface area contributed by atoms with E-state index in [0.29, 0.717) is 29.5 Å². The average Bonchev–Trinajstić information content (AvgIpc) is 3.38. The number of carbonyl (C=O) groups is 1. The van der Waals surface area contributed by atoms with E-state index >= 15 is 0 Å². The Morgan fingerprint density at radius 3 is 3.00 bits per heavy atom. The van der Waals surface area contributed by atoms with Gasteiger partial charge in [-0.05, 0) is 23.6 Å². The summed E-state index contributed by atoms with van der Waals surface area (Å²) in [7, 11) is 0.